The summed E-state index contributed by atoms with van der Waals surface area (Å²) in [4.78, 5) is 22.5. The number of carbonyl (C=O) groups excluding carboxylic acids is 1. The molecule has 1 unspecified atom stereocenters. The van der Waals surface area contributed by atoms with Gasteiger partial charge in [-0.3, -0.25) is 14.7 Å². The van der Waals surface area contributed by atoms with Crippen LogP contribution in [0.1, 0.15) is 41.0 Å². The van der Waals surface area contributed by atoms with Crippen molar-refractivity contribution in [1.29, 1.82) is 0 Å². The molecule has 4 rings (SSSR count). The van der Waals surface area contributed by atoms with E-state index in [0.717, 1.165) is 49.7 Å². The van der Waals surface area contributed by atoms with Crippen LogP contribution in [0, 0.1) is 5.41 Å². The van der Waals surface area contributed by atoms with Gasteiger partial charge in [-0.1, -0.05) is 6.07 Å². The van der Waals surface area contributed by atoms with Crippen LogP contribution in [0.5, 0.6) is 0 Å². The van der Waals surface area contributed by atoms with Crippen LogP contribution in [0.2, 0.25) is 0 Å². The van der Waals surface area contributed by atoms with Crippen LogP contribution in [0.3, 0.4) is 0 Å². The first-order valence-corrected chi connectivity index (χ1v) is 9.84. The second-order valence-corrected chi connectivity index (χ2v) is 8.18. The second kappa shape index (κ2) is 7.22. The van der Waals surface area contributed by atoms with Crippen molar-refractivity contribution in [2.24, 2.45) is 5.41 Å². The van der Waals surface area contributed by atoms with Gasteiger partial charge in [0.05, 0.1) is 5.69 Å². The number of rotatable bonds is 3. The normalized spacial score (nSPS) is 24.6. The highest BCUT2D eigenvalue weighted by Crippen LogP contribution is 2.39. The van der Waals surface area contributed by atoms with Gasteiger partial charge in [0.1, 0.15) is 4.88 Å². The van der Waals surface area contributed by atoms with E-state index in [0.29, 0.717) is 0 Å². The molecule has 5 nitrogen and oxygen atoms in total. The first kappa shape index (κ1) is 16.7. The van der Waals surface area contributed by atoms with Crippen LogP contribution in [-0.4, -0.2) is 51.2 Å². The number of likely N-dealkylation sites (tertiary alicyclic amines) is 2. The fraction of sp³-hybridized carbons (Fsp3) is 0.526. The third kappa shape index (κ3) is 3.75. The highest BCUT2D eigenvalue weighted by atomic mass is 32.1. The van der Waals surface area contributed by atoms with E-state index in [9.17, 15) is 4.79 Å². The zero-order valence-corrected chi connectivity index (χ0v) is 15.2. The predicted octanol–water partition coefficient (Wildman–Crippen LogP) is 3.06. The summed E-state index contributed by atoms with van der Waals surface area (Å²) in [5.41, 5.74) is 1.37. The topological polar surface area (TPSA) is 49.3 Å². The molecule has 0 radical (unpaired) electrons. The van der Waals surface area contributed by atoms with Gasteiger partial charge < -0.3 is 4.90 Å². The SMILES string of the molecule is O=C(c1ccns1)N1CCCC2(CCCN(Cc3ccccn3)C2)C1. The van der Waals surface area contributed by atoms with Crippen LogP contribution < -0.4 is 0 Å². The summed E-state index contributed by atoms with van der Waals surface area (Å²) in [7, 11) is 0. The lowest BCUT2D eigenvalue weighted by Gasteiger charge is -2.48. The third-order valence-corrected chi connectivity index (χ3v) is 6.18. The van der Waals surface area contributed by atoms with Gasteiger partial charge in [-0.25, -0.2) is 4.37 Å². The molecule has 0 saturated carbocycles. The van der Waals surface area contributed by atoms with Crippen LogP contribution in [0.15, 0.2) is 36.7 Å². The average molecular weight is 356 g/mol. The average Bonchev–Trinajstić information content (AvgIpc) is 3.17. The van der Waals surface area contributed by atoms with Gasteiger partial charge in [0, 0.05) is 44.0 Å². The number of pyridine rings is 1. The molecular weight excluding hydrogens is 332 g/mol. The monoisotopic (exact) mass is 356 g/mol. The van der Waals surface area contributed by atoms with Crippen LogP contribution in [-0.2, 0) is 6.54 Å². The Hall–Kier alpha value is -1.79. The van der Waals surface area contributed by atoms with Crippen molar-refractivity contribution in [2.75, 3.05) is 26.2 Å². The minimum absolute atomic E-state index is 0.156. The fourth-order valence-corrected chi connectivity index (χ4v) is 4.93. The van der Waals surface area contributed by atoms with E-state index in [1.165, 1.54) is 30.8 Å². The van der Waals surface area contributed by atoms with Crippen molar-refractivity contribution in [1.82, 2.24) is 19.2 Å². The van der Waals surface area contributed by atoms with E-state index in [1.54, 1.807) is 6.20 Å². The van der Waals surface area contributed by atoms with Crippen molar-refractivity contribution >= 4 is 17.4 Å². The van der Waals surface area contributed by atoms with Gasteiger partial charge in [-0.15, -0.1) is 0 Å². The Kier molecular flexibility index (Phi) is 4.81. The lowest BCUT2D eigenvalue weighted by Crippen LogP contribution is -2.53. The lowest BCUT2D eigenvalue weighted by molar-refractivity contribution is 0.0112. The quantitative estimate of drug-likeness (QED) is 0.848. The highest BCUT2D eigenvalue weighted by Gasteiger charge is 2.40. The van der Waals surface area contributed by atoms with Gasteiger partial charge in [0.15, 0.2) is 0 Å². The molecule has 2 aliphatic heterocycles. The Morgan fingerprint density at radius 3 is 2.76 bits per heavy atom. The summed E-state index contributed by atoms with van der Waals surface area (Å²) < 4.78 is 4.08. The first-order valence-electron chi connectivity index (χ1n) is 9.06. The van der Waals surface area contributed by atoms with Crippen molar-refractivity contribution in [3.8, 4) is 0 Å². The first-order chi connectivity index (χ1) is 12.2. The highest BCUT2D eigenvalue weighted by molar-refractivity contribution is 7.08. The molecule has 2 fully saturated rings. The molecule has 0 bridgehead atoms. The van der Waals surface area contributed by atoms with Gasteiger partial charge in [0.2, 0.25) is 0 Å². The van der Waals surface area contributed by atoms with E-state index in [1.807, 2.05) is 18.3 Å². The van der Waals surface area contributed by atoms with E-state index < -0.39 is 0 Å². The van der Waals surface area contributed by atoms with E-state index in [4.69, 9.17) is 0 Å². The van der Waals surface area contributed by atoms with E-state index in [2.05, 4.69) is 31.3 Å². The number of amides is 1. The van der Waals surface area contributed by atoms with Crippen molar-refractivity contribution in [2.45, 2.75) is 32.2 Å². The van der Waals surface area contributed by atoms with Gasteiger partial charge in [-0.05, 0) is 62.0 Å². The van der Waals surface area contributed by atoms with Gasteiger partial charge >= 0.3 is 0 Å². The molecule has 0 aliphatic carbocycles. The van der Waals surface area contributed by atoms with Crippen molar-refractivity contribution < 1.29 is 4.79 Å². The number of hydrogen-bond donors (Lipinski definition) is 0. The fourth-order valence-electron chi connectivity index (χ4n) is 4.36. The summed E-state index contributed by atoms with van der Waals surface area (Å²) in [6.45, 7) is 4.85. The molecular formula is C19H24N4OS. The predicted molar refractivity (Wildman–Crippen MR) is 98.4 cm³/mol. The lowest BCUT2D eigenvalue weighted by atomic mass is 9.73. The molecule has 132 valence electrons. The van der Waals surface area contributed by atoms with Crippen molar-refractivity contribution in [3.63, 3.8) is 0 Å². The van der Waals surface area contributed by atoms with E-state index >= 15 is 0 Å². The largest absolute Gasteiger partial charge is 0.337 e. The molecule has 1 amide bonds. The Morgan fingerprint density at radius 2 is 2.00 bits per heavy atom. The molecule has 1 atom stereocenters. The molecule has 25 heavy (non-hydrogen) atoms. The molecule has 2 aliphatic rings. The summed E-state index contributed by atoms with van der Waals surface area (Å²) in [6, 6.07) is 7.95. The number of aromatic nitrogens is 2. The van der Waals surface area contributed by atoms with E-state index in [-0.39, 0.29) is 11.3 Å². The van der Waals surface area contributed by atoms with Crippen LogP contribution >= 0.6 is 11.5 Å². The molecule has 2 aromatic rings. The molecule has 6 heteroatoms. The molecule has 0 aromatic carbocycles. The Balaban J connectivity index is 1.44. The molecule has 2 saturated heterocycles. The summed E-state index contributed by atoms with van der Waals surface area (Å²) in [5, 5.41) is 0. The standard InChI is InChI=1S/C19H24N4OS/c24-18(17-6-10-21-25-17)23-12-4-8-19(15-23)7-3-11-22(14-19)13-16-5-1-2-9-20-16/h1-2,5-6,9-10H,3-4,7-8,11-15H2. The third-order valence-electron chi connectivity index (χ3n) is 5.45. The number of nitrogens with zero attached hydrogens (tertiary/aromatic N) is 4. The smallest absolute Gasteiger partial charge is 0.265 e. The Morgan fingerprint density at radius 1 is 1.12 bits per heavy atom. The Bertz CT molecular complexity index is 701. The molecule has 0 N–H and O–H groups in total. The minimum atomic E-state index is 0.156. The molecule has 2 aromatic heterocycles. The van der Waals surface area contributed by atoms with Gasteiger partial charge in [0.25, 0.3) is 5.91 Å². The number of hydrogen-bond acceptors (Lipinski definition) is 5. The molecule has 1 spiro atoms. The van der Waals surface area contributed by atoms with Crippen molar-refractivity contribution in [3.05, 3.63) is 47.2 Å². The zero-order chi connectivity index (χ0) is 17.1. The summed E-state index contributed by atoms with van der Waals surface area (Å²) in [6.07, 6.45) is 8.33. The number of carbonyl (C=O) groups is 1. The minimum Gasteiger partial charge on any atom is -0.337 e. The summed E-state index contributed by atoms with van der Waals surface area (Å²) >= 11 is 1.30. The number of piperidine rings is 2. The Labute approximate surface area is 152 Å². The molecule has 4 heterocycles. The maximum Gasteiger partial charge on any atom is 0.265 e. The van der Waals surface area contributed by atoms with Crippen LogP contribution in [0.25, 0.3) is 0 Å². The maximum atomic E-state index is 12.7. The maximum absolute atomic E-state index is 12.7. The summed E-state index contributed by atoms with van der Waals surface area (Å²) in [5.74, 6) is 0.156. The van der Waals surface area contributed by atoms with Gasteiger partial charge in [-0.2, -0.15) is 0 Å². The second-order valence-electron chi connectivity index (χ2n) is 7.34. The zero-order valence-electron chi connectivity index (χ0n) is 14.4. The van der Waals surface area contributed by atoms with Crippen LogP contribution in [0.4, 0.5) is 0 Å².